The number of methoxy groups -OCH3 is 1. The first-order chi connectivity index (χ1) is 16.5. The van der Waals surface area contributed by atoms with E-state index in [0.717, 1.165) is 45.6 Å². The van der Waals surface area contributed by atoms with Crippen LogP contribution in [0.1, 0.15) is 49.5 Å². The molecule has 180 valence electrons. The first kappa shape index (κ1) is 23.9. The van der Waals surface area contributed by atoms with Crippen molar-refractivity contribution >= 4 is 17.7 Å². The molecule has 1 N–H and O–H groups in total. The summed E-state index contributed by atoms with van der Waals surface area (Å²) in [6.45, 7) is 6.13. The highest BCUT2D eigenvalue weighted by Gasteiger charge is 2.35. The van der Waals surface area contributed by atoms with Gasteiger partial charge in [-0.25, -0.2) is 0 Å². The number of nitrogens with zero attached hydrogens (tertiary/aromatic N) is 3. The number of hydrogen-bond donors (Lipinski definition) is 1. The Morgan fingerprint density at radius 2 is 1.65 bits per heavy atom. The molecule has 3 amide bonds. The molecule has 0 atom stereocenters. The standard InChI is InChI=1S/C26H32N4O4/c1-28-13-15-29(16-14-28)12-6-5-11-27-24(31)22-17-19(9-10-23(22)34-2)18-30-25(32)20-7-3-4-8-21(20)26(30)33/h3-4,7-10,17H,5-6,11-16,18H2,1-2H3,(H,27,31). The summed E-state index contributed by atoms with van der Waals surface area (Å²) in [6, 6.07) is 12.0. The molecular weight excluding hydrogens is 432 g/mol. The fourth-order valence-corrected chi connectivity index (χ4v) is 4.43. The molecule has 4 rings (SSSR count). The van der Waals surface area contributed by atoms with Crippen LogP contribution in [0.25, 0.3) is 0 Å². The third-order valence-corrected chi connectivity index (χ3v) is 6.51. The lowest BCUT2D eigenvalue weighted by Gasteiger charge is -2.32. The van der Waals surface area contributed by atoms with Gasteiger partial charge < -0.3 is 19.9 Å². The highest BCUT2D eigenvalue weighted by atomic mass is 16.5. The Hall–Kier alpha value is -3.23. The SMILES string of the molecule is COc1ccc(CN2C(=O)c3ccccc3C2=O)cc1C(=O)NCCCCN1CCN(C)CC1. The van der Waals surface area contributed by atoms with Gasteiger partial charge in [-0.1, -0.05) is 18.2 Å². The highest BCUT2D eigenvalue weighted by molar-refractivity contribution is 6.21. The maximum Gasteiger partial charge on any atom is 0.261 e. The summed E-state index contributed by atoms with van der Waals surface area (Å²) in [5.74, 6) is -0.396. The van der Waals surface area contributed by atoms with E-state index >= 15 is 0 Å². The first-order valence-corrected chi connectivity index (χ1v) is 11.8. The molecule has 1 fully saturated rings. The molecule has 2 aliphatic rings. The number of unbranched alkanes of at least 4 members (excludes halogenated alkanes) is 1. The number of amides is 3. The number of carbonyl (C=O) groups excluding carboxylic acids is 3. The van der Waals surface area contributed by atoms with Crippen LogP contribution in [-0.2, 0) is 6.54 Å². The number of ether oxygens (including phenoxy) is 1. The van der Waals surface area contributed by atoms with E-state index in [1.165, 1.54) is 12.0 Å². The predicted molar refractivity (Wildman–Crippen MR) is 129 cm³/mol. The van der Waals surface area contributed by atoms with Gasteiger partial charge in [0.15, 0.2) is 0 Å². The normalized spacial score (nSPS) is 16.6. The molecule has 0 saturated carbocycles. The van der Waals surface area contributed by atoms with Gasteiger partial charge in [0, 0.05) is 32.7 Å². The van der Waals surface area contributed by atoms with Crippen molar-refractivity contribution in [2.24, 2.45) is 0 Å². The molecule has 2 aromatic rings. The predicted octanol–water partition coefficient (Wildman–Crippen LogP) is 2.25. The summed E-state index contributed by atoms with van der Waals surface area (Å²) in [5.41, 5.74) is 1.91. The summed E-state index contributed by atoms with van der Waals surface area (Å²) in [6.07, 6.45) is 1.93. The zero-order valence-electron chi connectivity index (χ0n) is 19.9. The summed E-state index contributed by atoms with van der Waals surface area (Å²) in [4.78, 5) is 44.3. The fourth-order valence-electron chi connectivity index (χ4n) is 4.43. The van der Waals surface area contributed by atoms with E-state index in [9.17, 15) is 14.4 Å². The average molecular weight is 465 g/mol. The van der Waals surface area contributed by atoms with Gasteiger partial charge in [-0.15, -0.1) is 0 Å². The van der Waals surface area contributed by atoms with Crippen LogP contribution in [0.5, 0.6) is 5.75 Å². The number of nitrogens with one attached hydrogen (secondary N) is 1. The molecule has 34 heavy (non-hydrogen) atoms. The zero-order chi connectivity index (χ0) is 24.1. The van der Waals surface area contributed by atoms with Crippen molar-refractivity contribution in [3.8, 4) is 5.75 Å². The number of likely N-dealkylation sites (N-methyl/N-ethyl adjacent to an activating group) is 1. The van der Waals surface area contributed by atoms with Crippen molar-refractivity contribution < 1.29 is 19.1 Å². The van der Waals surface area contributed by atoms with Crippen LogP contribution in [0.3, 0.4) is 0 Å². The Bertz CT molecular complexity index is 1030. The second-order valence-corrected chi connectivity index (χ2v) is 8.88. The maximum atomic E-state index is 12.9. The number of carbonyl (C=O) groups is 3. The van der Waals surface area contributed by atoms with Gasteiger partial charge in [-0.3, -0.25) is 19.3 Å². The van der Waals surface area contributed by atoms with E-state index in [1.807, 2.05) is 0 Å². The Morgan fingerprint density at radius 1 is 0.971 bits per heavy atom. The van der Waals surface area contributed by atoms with Gasteiger partial charge in [0.25, 0.3) is 17.7 Å². The number of benzene rings is 2. The van der Waals surface area contributed by atoms with Crippen molar-refractivity contribution in [1.29, 1.82) is 0 Å². The maximum absolute atomic E-state index is 12.9. The second kappa shape index (κ2) is 10.8. The summed E-state index contributed by atoms with van der Waals surface area (Å²) in [5, 5.41) is 2.98. The smallest absolute Gasteiger partial charge is 0.261 e. The number of piperazine rings is 1. The quantitative estimate of drug-likeness (QED) is 0.453. The molecule has 0 spiro atoms. The van der Waals surface area contributed by atoms with Gasteiger partial charge in [0.05, 0.1) is 30.3 Å². The van der Waals surface area contributed by atoms with Crippen LogP contribution in [0.15, 0.2) is 42.5 Å². The molecule has 0 unspecified atom stereocenters. The number of imide groups is 1. The Morgan fingerprint density at radius 3 is 2.29 bits per heavy atom. The lowest BCUT2D eigenvalue weighted by Crippen LogP contribution is -2.44. The minimum atomic E-state index is -0.317. The summed E-state index contributed by atoms with van der Waals surface area (Å²) < 4.78 is 5.38. The number of rotatable bonds is 9. The molecule has 0 aliphatic carbocycles. The minimum Gasteiger partial charge on any atom is -0.496 e. The Kier molecular flexibility index (Phi) is 7.59. The Labute approximate surface area is 200 Å². The molecule has 0 bridgehead atoms. The number of hydrogen-bond acceptors (Lipinski definition) is 6. The zero-order valence-corrected chi connectivity index (χ0v) is 19.9. The van der Waals surface area contributed by atoms with Gasteiger partial charge in [0.2, 0.25) is 0 Å². The Balaban J connectivity index is 1.33. The van der Waals surface area contributed by atoms with E-state index in [4.69, 9.17) is 4.74 Å². The topological polar surface area (TPSA) is 82.2 Å². The van der Waals surface area contributed by atoms with Gasteiger partial charge in [-0.2, -0.15) is 0 Å². The van der Waals surface area contributed by atoms with Crippen molar-refractivity contribution in [2.75, 3.05) is 53.4 Å². The van der Waals surface area contributed by atoms with Crippen LogP contribution in [0, 0.1) is 0 Å². The van der Waals surface area contributed by atoms with E-state index < -0.39 is 0 Å². The van der Waals surface area contributed by atoms with Crippen molar-refractivity contribution in [2.45, 2.75) is 19.4 Å². The average Bonchev–Trinajstić information content (AvgIpc) is 3.09. The van der Waals surface area contributed by atoms with Crippen LogP contribution in [0.2, 0.25) is 0 Å². The largest absolute Gasteiger partial charge is 0.496 e. The molecule has 1 saturated heterocycles. The van der Waals surface area contributed by atoms with Crippen LogP contribution in [0.4, 0.5) is 0 Å². The van der Waals surface area contributed by atoms with Crippen molar-refractivity contribution in [3.05, 3.63) is 64.7 Å². The molecule has 2 heterocycles. The van der Waals surface area contributed by atoms with Crippen LogP contribution < -0.4 is 10.1 Å². The summed E-state index contributed by atoms with van der Waals surface area (Å²) >= 11 is 0. The van der Waals surface area contributed by atoms with Gasteiger partial charge >= 0.3 is 0 Å². The van der Waals surface area contributed by atoms with Crippen molar-refractivity contribution in [1.82, 2.24) is 20.0 Å². The summed E-state index contributed by atoms with van der Waals surface area (Å²) in [7, 11) is 3.67. The van der Waals surface area contributed by atoms with E-state index in [-0.39, 0.29) is 24.3 Å². The second-order valence-electron chi connectivity index (χ2n) is 8.88. The molecule has 8 nitrogen and oxygen atoms in total. The number of fused-ring (bicyclic) bond motifs is 1. The molecule has 0 aromatic heterocycles. The van der Waals surface area contributed by atoms with Crippen LogP contribution >= 0.6 is 0 Å². The lowest BCUT2D eigenvalue weighted by atomic mass is 10.1. The van der Waals surface area contributed by atoms with Crippen LogP contribution in [-0.4, -0.2) is 85.8 Å². The van der Waals surface area contributed by atoms with E-state index in [1.54, 1.807) is 42.5 Å². The van der Waals surface area contributed by atoms with Crippen molar-refractivity contribution in [3.63, 3.8) is 0 Å². The fraction of sp³-hybridized carbons (Fsp3) is 0.423. The third-order valence-electron chi connectivity index (χ3n) is 6.51. The molecule has 2 aliphatic heterocycles. The minimum absolute atomic E-state index is 0.0989. The molecule has 2 aromatic carbocycles. The van der Waals surface area contributed by atoms with Gasteiger partial charge in [-0.05, 0) is 56.3 Å². The third kappa shape index (κ3) is 5.29. The molecule has 0 radical (unpaired) electrons. The molecular formula is C26H32N4O4. The molecule has 8 heteroatoms. The van der Waals surface area contributed by atoms with E-state index in [0.29, 0.717) is 34.5 Å². The lowest BCUT2D eigenvalue weighted by molar-refractivity contribution is 0.0642. The monoisotopic (exact) mass is 464 g/mol. The van der Waals surface area contributed by atoms with E-state index in [2.05, 4.69) is 22.2 Å². The first-order valence-electron chi connectivity index (χ1n) is 11.8. The van der Waals surface area contributed by atoms with Gasteiger partial charge in [0.1, 0.15) is 5.75 Å². The highest BCUT2D eigenvalue weighted by Crippen LogP contribution is 2.26.